The minimum atomic E-state index is -1.000. The van der Waals surface area contributed by atoms with Gasteiger partial charge in [0.1, 0.15) is 6.04 Å². The first kappa shape index (κ1) is 17.7. The van der Waals surface area contributed by atoms with Crippen molar-refractivity contribution in [3.63, 3.8) is 0 Å². The smallest absolute Gasteiger partial charge is 0.325 e. The van der Waals surface area contributed by atoms with E-state index in [-0.39, 0.29) is 5.91 Å². The van der Waals surface area contributed by atoms with Gasteiger partial charge in [0.25, 0.3) is 0 Å². The number of hydrogen-bond donors (Lipinski definition) is 2. The molecule has 0 unspecified atom stereocenters. The molecule has 0 saturated carbocycles. The highest BCUT2D eigenvalue weighted by Gasteiger charge is 2.12. The monoisotopic (exact) mass is 269 g/mol. The molecular weight excluding hydrogens is 242 g/mol. The molecule has 0 aliphatic rings. The number of carbonyl (C=O) groups excluding carboxylic acids is 1. The normalized spacial score (nSPS) is 12.5. The predicted molar refractivity (Wildman–Crippen MR) is 77.0 cm³/mol. The van der Waals surface area contributed by atoms with Crippen LogP contribution in [-0.2, 0) is 9.59 Å². The van der Waals surface area contributed by atoms with Gasteiger partial charge in [-0.1, -0.05) is 38.3 Å². The Morgan fingerprint density at radius 1 is 1.11 bits per heavy atom. The maximum absolute atomic E-state index is 11.4. The molecule has 0 aromatic carbocycles. The van der Waals surface area contributed by atoms with Gasteiger partial charge in [-0.3, -0.25) is 9.59 Å². The summed E-state index contributed by atoms with van der Waals surface area (Å²) < 4.78 is 0. The molecule has 0 spiro atoms. The van der Waals surface area contributed by atoms with Crippen LogP contribution in [-0.4, -0.2) is 23.0 Å². The number of amides is 1. The van der Waals surface area contributed by atoms with E-state index in [1.165, 1.54) is 32.6 Å². The standard InChI is InChI=1S/C15H27NO3/c1-3-4-5-6-7-8-9-10-11-12-14(17)16-13(2)15(18)19/h8-9,13H,3-7,10-12H2,1-2H3,(H,16,17)(H,18,19)/b9-8-/t13-/m0/s1. The van der Waals surface area contributed by atoms with Crippen LogP contribution in [0.5, 0.6) is 0 Å². The van der Waals surface area contributed by atoms with Crippen LogP contribution in [0.1, 0.15) is 65.2 Å². The Morgan fingerprint density at radius 2 is 1.74 bits per heavy atom. The van der Waals surface area contributed by atoms with E-state index in [1.54, 1.807) is 0 Å². The number of aliphatic carboxylic acids is 1. The Balaban J connectivity index is 3.45. The predicted octanol–water partition coefficient (Wildman–Crippen LogP) is 3.27. The SMILES string of the molecule is CCCCCC/C=C\CCCC(=O)N[C@@H](C)C(=O)O. The zero-order valence-electron chi connectivity index (χ0n) is 12.2. The number of carbonyl (C=O) groups is 2. The lowest BCUT2D eigenvalue weighted by atomic mass is 10.1. The fourth-order valence-corrected chi connectivity index (χ4v) is 1.68. The Kier molecular flexibility index (Phi) is 10.9. The summed E-state index contributed by atoms with van der Waals surface area (Å²) in [7, 11) is 0. The van der Waals surface area contributed by atoms with E-state index < -0.39 is 12.0 Å². The molecule has 0 fully saturated rings. The minimum absolute atomic E-state index is 0.189. The molecular formula is C15H27NO3. The second kappa shape index (κ2) is 11.8. The first-order valence-corrected chi connectivity index (χ1v) is 7.25. The molecule has 110 valence electrons. The average Bonchev–Trinajstić information content (AvgIpc) is 2.36. The van der Waals surface area contributed by atoms with Crippen LogP contribution in [0.4, 0.5) is 0 Å². The molecule has 0 saturated heterocycles. The third kappa shape index (κ3) is 11.5. The van der Waals surface area contributed by atoms with Crippen molar-refractivity contribution in [2.45, 2.75) is 71.3 Å². The Morgan fingerprint density at radius 3 is 2.32 bits per heavy atom. The number of nitrogens with one attached hydrogen (secondary N) is 1. The van der Waals surface area contributed by atoms with Crippen molar-refractivity contribution in [1.29, 1.82) is 0 Å². The van der Waals surface area contributed by atoms with Gasteiger partial charge in [-0.2, -0.15) is 0 Å². The van der Waals surface area contributed by atoms with Crippen LogP contribution in [0, 0.1) is 0 Å². The van der Waals surface area contributed by atoms with Crippen LogP contribution in [0.2, 0.25) is 0 Å². The lowest BCUT2D eigenvalue weighted by molar-refractivity contribution is -0.141. The summed E-state index contributed by atoms with van der Waals surface area (Å²) in [5.41, 5.74) is 0. The molecule has 4 heteroatoms. The number of carboxylic acids is 1. The van der Waals surface area contributed by atoms with Gasteiger partial charge < -0.3 is 10.4 Å². The Bertz CT molecular complexity index is 287. The van der Waals surface area contributed by atoms with Crippen molar-refractivity contribution in [1.82, 2.24) is 5.32 Å². The van der Waals surface area contributed by atoms with E-state index in [9.17, 15) is 9.59 Å². The lowest BCUT2D eigenvalue weighted by Crippen LogP contribution is -2.38. The summed E-state index contributed by atoms with van der Waals surface area (Å²) >= 11 is 0. The van der Waals surface area contributed by atoms with Crippen molar-refractivity contribution in [3.8, 4) is 0 Å². The number of rotatable bonds is 11. The minimum Gasteiger partial charge on any atom is -0.480 e. The van der Waals surface area contributed by atoms with Crippen molar-refractivity contribution in [2.24, 2.45) is 0 Å². The van der Waals surface area contributed by atoms with Crippen molar-refractivity contribution in [3.05, 3.63) is 12.2 Å². The topological polar surface area (TPSA) is 66.4 Å². The maximum atomic E-state index is 11.4. The van der Waals surface area contributed by atoms with Crippen LogP contribution < -0.4 is 5.32 Å². The highest BCUT2D eigenvalue weighted by atomic mass is 16.4. The molecule has 1 amide bonds. The van der Waals surface area contributed by atoms with Crippen LogP contribution >= 0.6 is 0 Å². The Labute approximate surface area is 116 Å². The molecule has 19 heavy (non-hydrogen) atoms. The first-order valence-electron chi connectivity index (χ1n) is 7.25. The number of carboxylic acid groups (broad SMARTS) is 1. The van der Waals surface area contributed by atoms with Gasteiger partial charge in [0, 0.05) is 6.42 Å². The van der Waals surface area contributed by atoms with E-state index >= 15 is 0 Å². The van der Waals surface area contributed by atoms with Gasteiger partial charge in [-0.25, -0.2) is 0 Å². The molecule has 0 aliphatic heterocycles. The summed E-state index contributed by atoms with van der Waals surface area (Å²) in [6, 6.07) is -0.804. The summed E-state index contributed by atoms with van der Waals surface area (Å²) in [6.07, 6.45) is 12.5. The zero-order valence-corrected chi connectivity index (χ0v) is 12.2. The van der Waals surface area contributed by atoms with Gasteiger partial charge >= 0.3 is 5.97 Å². The number of allylic oxidation sites excluding steroid dienone is 2. The van der Waals surface area contributed by atoms with Crippen molar-refractivity contribution < 1.29 is 14.7 Å². The van der Waals surface area contributed by atoms with E-state index in [4.69, 9.17) is 5.11 Å². The average molecular weight is 269 g/mol. The van der Waals surface area contributed by atoms with E-state index in [0.717, 1.165) is 19.3 Å². The molecule has 1 atom stereocenters. The van der Waals surface area contributed by atoms with Crippen LogP contribution in [0.15, 0.2) is 12.2 Å². The quantitative estimate of drug-likeness (QED) is 0.447. The first-order chi connectivity index (χ1) is 9.07. The molecule has 0 aromatic heterocycles. The summed E-state index contributed by atoms with van der Waals surface area (Å²) in [4.78, 5) is 21.9. The van der Waals surface area contributed by atoms with Crippen LogP contribution in [0.3, 0.4) is 0 Å². The summed E-state index contributed by atoms with van der Waals surface area (Å²) in [5.74, 6) is -1.19. The third-order valence-electron chi connectivity index (χ3n) is 2.91. The van der Waals surface area contributed by atoms with Gasteiger partial charge in [0.15, 0.2) is 0 Å². The molecule has 0 aliphatic carbocycles. The second-order valence-corrected chi connectivity index (χ2v) is 4.84. The van der Waals surface area contributed by atoms with E-state index in [2.05, 4.69) is 24.4 Å². The molecule has 4 nitrogen and oxygen atoms in total. The largest absolute Gasteiger partial charge is 0.480 e. The molecule has 0 radical (unpaired) electrons. The summed E-state index contributed by atoms with van der Waals surface area (Å²) in [5, 5.41) is 11.1. The number of hydrogen-bond acceptors (Lipinski definition) is 2. The van der Waals surface area contributed by atoms with Gasteiger partial charge in [0.2, 0.25) is 5.91 Å². The van der Waals surface area contributed by atoms with Crippen molar-refractivity contribution >= 4 is 11.9 Å². The van der Waals surface area contributed by atoms with E-state index in [1.807, 2.05) is 0 Å². The Hall–Kier alpha value is -1.32. The van der Waals surface area contributed by atoms with Gasteiger partial charge in [0.05, 0.1) is 0 Å². The molecule has 0 aromatic rings. The second-order valence-electron chi connectivity index (χ2n) is 4.84. The highest BCUT2D eigenvalue weighted by Crippen LogP contribution is 2.04. The molecule has 0 bridgehead atoms. The summed E-state index contributed by atoms with van der Waals surface area (Å²) in [6.45, 7) is 3.67. The van der Waals surface area contributed by atoms with Gasteiger partial charge in [-0.05, 0) is 32.6 Å². The zero-order chi connectivity index (χ0) is 14.5. The molecule has 0 heterocycles. The highest BCUT2D eigenvalue weighted by molar-refractivity contribution is 5.83. The fraction of sp³-hybridized carbons (Fsp3) is 0.733. The molecule has 2 N–H and O–H groups in total. The number of unbranched alkanes of at least 4 members (excludes halogenated alkanes) is 5. The maximum Gasteiger partial charge on any atom is 0.325 e. The van der Waals surface area contributed by atoms with Crippen LogP contribution in [0.25, 0.3) is 0 Å². The lowest BCUT2D eigenvalue weighted by Gasteiger charge is -2.08. The van der Waals surface area contributed by atoms with E-state index in [0.29, 0.717) is 6.42 Å². The third-order valence-corrected chi connectivity index (χ3v) is 2.91. The van der Waals surface area contributed by atoms with Gasteiger partial charge in [-0.15, -0.1) is 0 Å². The molecule has 0 rings (SSSR count). The van der Waals surface area contributed by atoms with Crippen molar-refractivity contribution in [2.75, 3.05) is 0 Å². The fourth-order valence-electron chi connectivity index (χ4n) is 1.68.